The molecule has 3 aromatic rings. The van der Waals surface area contributed by atoms with Crippen LogP contribution in [0.3, 0.4) is 0 Å². The first-order valence-electron chi connectivity index (χ1n) is 9.85. The van der Waals surface area contributed by atoms with E-state index in [-0.39, 0.29) is 13.2 Å². The first-order valence-corrected chi connectivity index (χ1v) is 9.85. The van der Waals surface area contributed by atoms with Gasteiger partial charge in [0.1, 0.15) is 5.82 Å². The third kappa shape index (κ3) is 3.17. The molecule has 1 aliphatic heterocycles. The fourth-order valence-electron chi connectivity index (χ4n) is 4.90. The van der Waals surface area contributed by atoms with E-state index in [1.54, 1.807) is 6.07 Å². The molecule has 150 valence electrons. The molecule has 3 nitrogen and oxygen atoms in total. The molecule has 0 bridgehead atoms. The quantitative estimate of drug-likeness (QED) is 0.562. The molecule has 0 N–H and O–H groups in total. The second-order valence-electron chi connectivity index (χ2n) is 8.34. The fourth-order valence-corrected chi connectivity index (χ4v) is 4.90. The third-order valence-electron chi connectivity index (χ3n) is 6.41. The van der Waals surface area contributed by atoms with E-state index >= 15 is 0 Å². The molecule has 2 aliphatic rings. The van der Waals surface area contributed by atoms with Crippen molar-refractivity contribution >= 4 is 5.70 Å². The van der Waals surface area contributed by atoms with Crippen LogP contribution in [0.4, 0.5) is 4.39 Å². The van der Waals surface area contributed by atoms with Crippen LogP contribution in [0.1, 0.15) is 43.0 Å². The molecule has 2 heterocycles. The van der Waals surface area contributed by atoms with E-state index < -0.39 is 0 Å². The summed E-state index contributed by atoms with van der Waals surface area (Å²) in [6, 6.07) is 17.4. The van der Waals surface area contributed by atoms with Crippen LogP contribution in [0.2, 0.25) is 0 Å². The summed E-state index contributed by atoms with van der Waals surface area (Å²) in [4.78, 5) is 2.22. The first-order chi connectivity index (χ1) is 13.6. The molecule has 29 heavy (non-hydrogen) atoms. The average Bonchev–Trinajstić information content (AvgIpc) is 3.09. The standard InChI is InChI=1S/C24H24FN3.CH4/c1-17-7-3-6-10-22(17)28-23(11-12-26-28)19-13-24(14-19)15-27(16-24)18(2)20-8-4-5-9-21(20)25;/h3-12,19H,2,13-16H2,1H3;1H4. The zero-order valence-corrected chi connectivity index (χ0v) is 16.1. The second-order valence-corrected chi connectivity index (χ2v) is 8.34. The molecule has 1 aromatic heterocycles. The normalized spacial score (nSPS) is 17.4. The van der Waals surface area contributed by atoms with E-state index in [1.165, 1.54) is 17.3 Å². The van der Waals surface area contributed by atoms with E-state index in [0.29, 0.717) is 16.9 Å². The van der Waals surface area contributed by atoms with Crippen LogP contribution in [0.5, 0.6) is 0 Å². The van der Waals surface area contributed by atoms with Crippen molar-refractivity contribution in [3.63, 3.8) is 0 Å². The summed E-state index contributed by atoms with van der Waals surface area (Å²) in [5.74, 6) is 0.341. The van der Waals surface area contributed by atoms with Gasteiger partial charge in [0, 0.05) is 47.6 Å². The Morgan fingerprint density at radius 1 is 1.07 bits per heavy atom. The van der Waals surface area contributed by atoms with Crippen LogP contribution in [0, 0.1) is 18.2 Å². The van der Waals surface area contributed by atoms with Gasteiger partial charge in [-0.05, 0) is 49.6 Å². The highest BCUT2D eigenvalue weighted by molar-refractivity contribution is 5.63. The zero-order chi connectivity index (χ0) is 19.3. The summed E-state index contributed by atoms with van der Waals surface area (Å²) in [5, 5.41) is 4.58. The number of hydrogen-bond acceptors (Lipinski definition) is 2. The lowest BCUT2D eigenvalue weighted by molar-refractivity contribution is -0.0412. The van der Waals surface area contributed by atoms with E-state index in [4.69, 9.17) is 0 Å². The van der Waals surface area contributed by atoms with E-state index in [2.05, 4.69) is 58.5 Å². The summed E-state index contributed by atoms with van der Waals surface area (Å²) in [6.45, 7) is 8.20. The highest BCUT2D eigenvalue weighted by Crippen LogP contribution is 2.57. The van der Waals surface area contributed by atoms with Crippen molar-refractivity contribution in [2.24, 2.45) is 5.41 Å². The number of aromatic nitrogens is 2. The number of benzene rings is 2. The summed E-state index contributed by atoms with van der Waals surface area (Å²) in [7, 11) is 0. The Bertz CT molecular complexity index is 1040. The van der Waals surface area contributed by atoms with Crippen LogP contribution < -0.4 is 0 Å². The van der Waals surface area contributed by atoms with Crippen molar-refractivity contribution in [1.82, 2.24) is 14.7 Å². The summed E-state index contributed by atoms with van der Waals surface area (Å²) in [6.07, 6.45) is 4.22. The van der Waals surface area contributed by atoms with Gasteiger partial charge in [0.05, 0.1) is 5.69 Å². The van der Waals surface area contributed by atoms with Crippen molar-refractivity contribution in [3.05, 3.63) is 90.0 Å². The number of nitrogens with zero attached hydrogens (tertiary/aromatic N) is 3. The maximum Gasteiger partial charge on any atom is 0.132 e. The molecule has 1 saturated heterocycles. The Balaban J connectivity index is 0.00000205. The molecule has 2 aromatic carbocycles. The lowest BCUT2D eigenvalue weighted by Crippen LogP contribution is -2.60. The van der Waals surface area contributed by atoms with Crippen LogP contribution in [0.25, 0.3) is 11.4 Å². The Morgan fingerprint density at radius 3 is 2.48 bits per heavy atom. The topological polar surface area (TPSA) is 21.1 Å². The molecule has 1 aliphatic carbocycles. The smallest absolute Gasteiger partial charge is 0.132 e. The van der Waals surface area contributed by atoms with Crippen molar-refractivity contribution in [1.29, 1.82) is 0 Å². The van der Waals surface area contributed by atoms with Crippen molar-refractivity contribution in [3.8, 4) is 5.69 Å². The number of likely N-dealkylation sites (tertiary alicyclic amines) is 1. The predicted molar refractivity (Wildman–Crippen MR) is 116 cm³/mol. The van der Waals surface area contributed by atoms with Crippen LogP contribution >= 0.6 is 0 Å². The van der Waals surface area contributed by atoms with Gasteiger partial charge in [0.2, 0.25) is 0 Å². The van der Waals surface area contributed by atoms with Gasteiger partial charge >= 0.3 is 0 Å². The Hall–Kier alpha value is -2.88. The number of hydrogen-bond donors (Lipinski definition) is 0. The largest absolute Gasteiger partial charge is 0.370 e. The van der Waals surface area contributed by atoms with Gasteiger partial charge < -0.3 is 4.90 Å². The fraction of sp³-hybridized carbons (Fsp3) is 0.320. The van der Waals surface area contributed by atoms with Gasteiger partial charge in [0.25, 0.3) is 0 Å². The minimum atomic E-state index is -0.193. The maximum absolute atomic E-state index is 14.0. The van der Waals surface area contributed by atoms with Crippen LogP contribution in [0.15, 0.2) is 67.4 Å². The summed E-state index contributed by atoms with van der Waals surface area (Å²) >= 11 is 0. The maximum atomic E-state index is 14.0. The van der Waals surface area contributed by atoms with Gasteiger partial charge in [-0.15, -0.1) is 0 Å². The lowest BCUT2D eigenvalue weighted by atomic mass is 9.56. The number of halogens is 1. The highest BCUT2D eigenvalue weighted by Gasteiger charge is 2.53. The van der Waals surface area contributed by atoms with Gasteiger partial charge in [-0.25, -0.2) is 9.07 Å². The molecule has 0 radical (unpaired) electrons. The highest BCUT2D eigenvalue weighted by atomic mass is 19.1. The lowest BCUT2D eigenvalue weighted by Gasteiger charge is -2.60. The summed E-state index contributed by atoms with van der Waals surface area (Å²) < 4.78 is 16.1. The Kier molecular flexibility index (Phi) is 4.81. The number of para-hydroxylation sites is 1. The molecule has 4 heteroatoms. The second kappa shape index (κ2) is 7.18. The molecule has 5 rings (SSSR count). The van der Waals surface area contributed by atoms with Gasteiger partial charge in [-0.1, -0.05) is 44.3 Å². The van der Waals surface area contributed by atoms with E-state index in [1.807, 2.05) is 18.3 Å². The van der Waals surface area contributed by atoms with Gasteiger partial charge in [0.15, 0.2) is 0 Å². The van der Waals surface area contributed by atoms with Gasteiger partial charge in [-0.2, -0.15) is 5.10 Å². The molecule has 1 spiro atoms. The first kappa shape index (κ1) is 19.4. The minimum Gasteiger partial charge on any atom is -0.370 e. The van der Waals surface area contributed by atoms with E-state index in [0.717, 1.165) is 37.3 Å². The summed E-state index contributed by atoms with van der Waals surface area (Å²) in [5.41, 5.74) is 5.46. The minimum absolute atomic E-state index is 0. The molecule has 0 amide bonds. The van der Waals surface area contributed by atoms with E-state index in [9.17, 15) is 4.39 Å². The average molecular weight is 390 g/mol. The zero-order valence-electron chi connectivity index (χ0n) is 16.1. The van der Waals surface area contributed by atoms with Crippen LogP contribution in [-0.4, -0.2) is 27.8 Å². The molecule has 0 atom stereocenters. The number of rotatable bonds is 4. The van der Waals surface area contributed by atoms with Crippen molar-refractivity contribution in [2.45, 2.75) is 33.1 Å². The SMILES string of the molecule is C.C=C(c1ccccc1F)N1CC2(CC(c3ccnn3-c3ccccc3C)C2)C1. The monoisotopic (exact) mass is 389 g/mol. The molecule has 2 fully saturated rings. The number of aryl methyl sites for hydroxylation is 1. The van der Waals surface area contributed by atoms with Crippen molar-refractivity contribution < 1.29 is 4.39 Å². The predicted octanol–water partition coefficient (Wildman–Crippen LogP) is 5.81. The Morgan fingerprint density at radius 2 is 1.76 bits per heavy atom. The molecule has 0 unspecified atom stereocenters. The third-order valence-corrected chi connectivity index (χ3v) is 6.41. The Labute approximate surface area is 172 Å². The van der Waals surface area contributed by atoms with Gasteiger partial charge in [-0.3, -0.25) is 0 Å². The van der Waals surface area contributed by atoms with Crippen molar-refractivity contribution in [2.75, 3.05) is 13.1 Å². The molecule has 1 saturated carbocycles. The molecular weight excluding hydrogens is 361 g/mol. The molecular formula is C25H28FN3. The van der Waals surface area contributed by atoms with Crippen LogP contribution in [-0.2, 0) is 0 Å².